The molecule has 2 N–H and O–H groups in total. The average molecular weight is 322 g/mol. The Morgan fingerprint density at radius 1 is 0.857 bits per heavy atom. The summed E-state index contributed by atoms with van der Waals surface area (Å²) in [6.45, 7) is 2.62. The maximum absolute atomic E-state index is 11.0. The molecule has 0 aromatic heterocycles. The molecule has 0 atom stereocenters. The van der Waals surface area contributed by atoms with E-state index in [1.165, 1.54) is 51.4 Å². The van der Waals surface area contributed by atoms with Crippen molar-refractivity contribution in [2.75, 3.05) is 6.61 Å². The van der Waals surface area contributed by atoms with Crippen LogP contribution in [-0.2, 0) is 9.53 Å². The summed E-state index contributed by atoms with van der Waals surface area (Å²) < 4.78 is 4.87. The molecule has 118 valence electrons. The minimum atomic E-state index is -1.60. The Hall–Kier alpha value is 1.39. The molecule has 0 aromatic carbocycles. The molecule has 0 fully saturated rings. The van der Waals surface area contributed by atoms with Gasteiger partial charge in [-0.15, -0.1) is 0 Å². The Balaban J connectivity index is -0.00000162. The van der Waals surface area contributed by atoms with Crippen LogP contribution in [0.25, 0.3) is 0 Å². The number of rotatable bonds is 13. The molecule has 0 aliphatic heterocycles. The fourth-order valence-electron chi connectivity index (χ4n) is 1.98. The first-order chi connectivity index (χ1) is 9.16. The Kier molecular flexibility index (Phi) is 27.8. The average Bonchev–Trinajstić information content (AvgIpc) is 2.35. The molecule has 0 unspecified atom stereocenters. The molecular weight excluding hydrogens is 290 g/mol. The third kappa shape index (κ3) is 23.8. The van der Waals surface area contributed by atoms with Gasteiger partial charge in [0.25, 0.3) is 0 Å². The zero-order valence-corrected chi connectivity index (χ0v) is 12.3. The van der Waals surface area contributed by atoms with Gasteiger partial charge in [-0.25, -0.2) is 0 Å². The fourth-order valence-corrected chi connectivity index (χ4v) is 1.98. The van der Waals surface area contributed by atoms with Gasteiger partial charge >= 0.3 is 65.1 Å². The van der Waals surface area contributed by atoms with Crippen LogP contribution in [0.1, 0.15) is 77.6 Å². The monoisotopic (exact) mass is 322 g/mol. The van der Waals surface area contributed by atoms with Crippen LogP contribution in [0.2, 0.25) is 0 Å². The second kappa shape index (κ2) is 21.4. The van der Waals surface area contributed by atoms with Crippen molar-refractivity contribution in [2.24, 2.45) is 0 Å². The van der Waals surface area contributed by atoms with Crippen molar-refractivity contribution in [3.63, 3.8) is 0 Å². The van der Waals surface area contributed by atoms with Crippen molar-refractivity contribution in [1.82, 2.24) is 0 Å². The molecule has 0 saturated heterocycles. The van der Waals surface area contributed by atoms with Crippen LogP contribution in [0.3, 0.4) is 0 Å². The van der Waals surface area contributed by atoms with Gasteiger partial charge in [-0.2, -0.15) is 0 Å². The number of hydrogen-bond donors (Lipinski definition) is 2. The zero-order valence-electron chi connectivity index (χ0n) is 12.3. The number of hydrogen-bond acceptors (Lipinski definition) is 4. The predicted octanol–water partition coefficient (Wildman–Crippen LogP) is 1.85. The summed E-state index contributed by atoms with van der Waals surface area (Å²) in [5.41, 5.74) is 0. The van der Waals surface area contributed by atoms with Crippen molar-refractivity contribution >= 4 is 65.1 Å². The summed E-state index contributed by atoms with van der Waals surface area (Å²) in [7, 11) is 0. The molecule has 4 nitrogen and oxygen atoms in total. The fraction of sp³-hybridized carbons (Fsp3) is 0.933. The van der Waals surface area contributed by atoms with Crippen molar-refractivity contribution in [3.8, 4) is 0 Å². The van der Waals surface area contributed by atoms with E-state index in [4.69, 9.17) is 14.9 Å². The van der Waals surface area contributed by atoms with Crippen LogP contribution in [0, 0.1) is 0 Å². The van der Waals surface area contributed by atoms with Gasteiger partial charge in [-0.05, 0) is 6.42 Å². The van der Waals surface area contributed by atoms with Gasteiger partial charge in [-0.3, -0.25) is 4.79 Å². The van der Waals surface area contributed by atoms with Crippen LogP contribution >= 0.6 is 0 Å². The van der Waals surface area contributed by atoms with Crippen LogP contribution in [0.4, 0.5) is 0 Å². The predicted molar refractivity (Wildman–Crippen MR) is 89.9 cm³/mol. The van der Waals surface area contributed by atoms with Gasteiger partial charge in [-0.1, -0.05) is 64.7 Å². The van der Waals surface area contributed by atoms with E-state index in [9.17, 15) is 4.79 Å². The Morgan fingerprint density at radius 2 is 1.29 bits per heavy atom. The Bertz CT molecular complexity index is 214. The number of esters is 1. The number of unbranched alkanes of at least 4 members (excludes halogenated alkanes) is 9. The molecule has 0 amide bonds. The van der Waals surface area contributed by atoms with Crippen LogP contribution in [0.5, 0.6) is 0 Å². The van der Waals surface area contributed by atoms with E-state index in [1.807, 2.05) is 0 Å². The molecule has 0 saturated carbocycles. The molecule has 0 radical (unpaired) electrons. The quantitative estimate of drug-likeness (QED) is 0.235. The summed E-state index contributed by atoms with van der Waals surface area (Å²) in [4.78, 5) is 11.0. The van der Waals surface area contributed by atoms with E-state index in [-0.39, 0.29) is 65.5 Å². The van der Waals surface area contributed by atoms with Gasteiger partial charge in [0.2, 0.25) is 0 Å². The van der Waals surface area contributed by atoms with Crippen molar-refractivity contribution in [1.29, 1.82) is 0 Å². The first-order valence-electron chi connectivity index (χ1n) is 7.68. The van der Waals surface area contributed by atoms with E-state index in [0.717, 1.165) is 12.8 Å². The molecule has 6 heteroatoms. The number of aliphatic hydroxyl groups is 2. The summed E-state index contributed by atoms with van der Waals surface area (Å²) in [5.74, 6) is -0.536. The van der Waals surface area contributed by atoms with E-state index < -0.39 is 12.3 Å². The molecule has 0 spiro atoms. The molecule has 0 rings (SSSR count). The van der Waals surface area contributed by atoms with E-state index in [0.29, 0.717) is 6.61 Å². The van der Waals surface area contributed by atoms with Gasteiger partial charge in [0.1, 0.15) is 0 Å². The van der Waals surface area contributed by atoms with Gasteiger partial charge in [0.05, 0.1) is 13.0 Å². The second-order valence-electron chi connectivity index (χ2n) is 5.09. The van der Waals surface area contributed by atoms with Crippen molar-refractivity contribution in [3.05, 3.63) is 0 Å². The summed E-state index contributed by atoms with van der Waals surface area (Å²) in [6.07, 6.45) is 10.5. The summed E-state index contributed by atoms with van der Waals surface area (Å²) in [6, 6.07) is 0. The summed E-state index contributed by atoms with van der Waals surface area (Å²) in [5, 5.41) is 17.1. The minimum absolute atomic E-state index is 0. The zero-order chi connectivity index (χ0) is 14.3. The van der Waals surface area contributed by atoms with Crippen molar-refractivity contribution < 1.29 is 19.7 Å². The number of carbonyl (C=O) groups excluding carboxylic acids is 1. The van der Waals surface area contributed by atoms with E-state index in [1.54, 1.807) is 0 Å². The van der Waals surface area contributed by atoms with Crippen LogP contribution in [0.15, 0.2) is 0 Å². The maximum atomic E-state index is 11.0. The molecule has 0 heterocycles. The first kappa shape index (κ1) is 27.2. The van der Waals surface area contributed by atoms with Crippen LogP contribution in [-0.4, -0.2) is 88.2 Å². The Labute approximate surface area is 174 Å². The van der Waals surface area contributed by atoms with Gasteiger partial charge < -0.3 is 14.9 Å². The standard InChI is InChI=1S/C15H30O4.2Na.2H/c1-2-3-4-5-6-7-8-9-10-11-12-19-15(18)13-14(16)17;;;;/h14,16-17H,2-13H2,1H3;;;;. The second-order valence-corrected chi connectivity index (χ2v) is 5.09. The van der Waals surface area contributed by atoms with Gasteiger partial charge in [0.15, 0.2) is 6.29 Å². The Morgan fingerprint density at radius 3 is 1.71 bits per heavy atom. The molecular formula is C15H32Na2O4. The summed E-state index contributed by atoms with van der Waals surface area (Å²) >= 11 is 0. The molecule has 0 aliphatic carbocycles. The normalized spacial score (nSPS) is 9.90. The molecule has 0 aromatic rings. The van der Waals surface area contributed by atoms with Gasteiger partial charge in [0, 0.05) is 0 Å². The number of carbonyl (C=O) groups is 1. The van der Waals surface area contributed by atoms with Crippen LogP contribution < -0.4 is 0 Å². The number of ether oxygens (including phenoxy) is 1. The molecule has 0 bridgehead atoms. The topological polar surface area (TPSA) is 66.8 Å². The SMILES string of the molecule is CCCCCCCCCCCCOC(=O)CC(O)O.[NaH].[NaH]. The van der Waals surface area contributed by atoms with E-state index >= 15 is 0 Å². The third-order valence-electron chi connectivity index (χ3n) is 3.11. The third-order valence-corrected chi connectivity index (χ3v) is 3.11. The molecule has 0 aliphatic rings. The first-order valence-corrected chi connectivity index (χ1v) is 7.68. The van der Waals surface area contributed by atoms with E-state index in [2.05, 4.69) is 6.92 Å². The van der Waals surface area contributed by atoms with Crippen molar-refractivity contribution in [2.45, 2.75) is 83.8 Å². The number of aliphatic hydroxyl groups excluding tert-OH is 1. The molecule has 21 heavy (non-hydrogen) atoms.